The SMILES string of the molecule is Cc1cc(/C(=C\CCCC(N)=O)c2ccc(C3CC3)c(=O)[nH]2)ccc1F. The average Bonchev–Trinajstić information content (AvgIpc) is 3.42. The molecule has 0 spiro atoms. The second kappa shape index (κ2) is 7.68. The zero-order valence-corrected chi connectivity index (χ0v) is 14.8. The van der Waals surface area contributed by atoms with Crippen LogP contribution < -0.4 is 11.3 Å². The number of H-pyrrole nitrogens is 1. The maximum absolute atomic E-state index is 13.6. The fraction of sp³-hybridized carbons (Fsp3) is 0.333. The summed E-state index contributed by atoms with van der Waals surface area (Å²) >= 11 is 0. The van der Waals surface area contributed by atoms with Crippen LogP contribution in [0.5, 0.6) is 0 Å². The highest BCUT2D eigenvalue weighted by Crippen LogP contribution is 2.38. The Morgan fingerprint density at radius 3 is 2.69 bits per heavy atom. The van der Waals surface area contributed by atoms with Crippen LogP contribution in [-0.4, -0.2) is 10.9 Å². The fourth-order valence-electron chi connectivity index (χ4n) is 3.08. The van der Waals surface area contributed by atoms with Crippen molar-refractivity contribution in [2.24, 2.45) is 5.73 Å². The molecule has 136 valence electrons. The van der Waals surface area contributed by atoms with E-state index >= 15 is 0 Å². The van der Waals surface area contributed by atoms with Crippen LogP contribution in [0.3, 0.4) is 0 Å². The van der Waals surface area contributed by atoms with Crippen LogP contribution in [0.15, 0.2) is 41.2 Å². The van der Waals surface area contributed by atoms with Crippen molar-refractivity contribution in [3.05, 3.63) is 75.0 Å². The lowest BCUT2D eigenvalue weighted by Crippen LogP contribution is -2.13. The average molecular weight is 354 g/mol. The second-order valence-corrected chi connectivity index (χ2v) is 6.87. The largest absolute Gasteiger partial charge is 0.370 e. The number of amides is 1. The molecule has 1 amide bonds. The lowest BCUT2D eigenvalue weighted by molar-refractivity contribution is -0.118. The topological polar surface area (TPSA) is 76.0 Å². The Balaban J connectivity index is 1.95. The van der Waals surface area contributed by atoms with Crippen LogP contribution >= 0.6 is 0 Å². The number of hydrogen-bond donors (Lipinski definition) is 2. The number of carbonyl (C=O) groups is 1. The van der Waals surface area contributed by atoms with E-state index in [2.05, 4.69) is 4.98 Å². The first kappa shape index (κ1) is 18.1. The van der Waals surface area contributed by atoms with Crippen molar-refractivity contribution in [3.8, 4) is 0 Å². The van der Waals surface area contributed by atoms with E-state index in [0.717, 1.165) is 29.5 Å². The number of hydrogen-bond acceptors (Lipinski definition) is 2. The number of rotatable bonds is 7. The fourth-order valence-corrected chi connectivity index (χ4v) is 3.08. The number of allylic oxidation sites excluding steroid dienone is 1. The summed E-state index contributed by atoms with van der Waals surface area (Å²) < 4.78 is 13.6. The van der Waals surface area contributed by atoms with E-state index in [1.807, 2.05) is 18.2 Å². The van der Waals surface area contributed by atoms with Gasteiger partial charge in [0.2, 0.25) is 5.91 Å². The first-order valence-corrected chi connectivity index (χ1v) is 8.94. The molecule has 1 aliphatic carbocycles. The van der Waals surface area contributed by atoms with Gasteiger partial charge in [0, 0.05) is 23.3 Å². The molecule has 0 aliphatic heterocycles. The molecule has 26 heavy (non-hydrogen) atoms. The molecule has 1 aliphatic rings. The van der Waals surface area contributed by atoms with Gasteiger partial charge in [-0.25, -0.2) is 4.39 Å². The predicted molar refractivity (Wildman–Crippen MR) is 100 cm³/mol. The molecular weight excluding hydrogens is 331 g/mol. The first-order chi connectivity index (χ1) is 12.5. The quantitative estimate of drug-likeness (QED) is 0.742. The predicted octanol–water partition coefficient (Wildman–Crippen LogP) is 3.79. The van der Waals surface area contributed by atoms with Gasteiger partial charge in [-0.3, -0.25) is 9.59 Å². The third-order valence-corrected chi connectivity index (χ3v) is 4.69. The first-order valence-electron chi connectivity index (χ1n) is 8.94. The van der Waals surface area contributed by atoms with Gasteiger partial charge in [-0.1, -0.05) is 18.2 Å². The third-order valence-electron chi connectivity index (χ3n) is 4.69. The van der Waals surface area contributed by atoms with Crippen LogP contribution in [-0.2, 0) is 4.79 Å². The van der Waals surface area contributed by atoms with Gasteiger partial charge < -0.3 is 10.7 Å². The van der Waals surface area contributed by atoms with Crippen molar-refractivity contribution in [1.82, 2.24) is 4.98 Å². The molecule has 5 heteroatoms. The van der Waals surface area contributed by atoms with E-state index in [1.54, 1.807) is 19.1 Å². The molecule has 1 heterocycles. The molecule has 3 rings (SSSR count). The molecule has 0 radical (unpaired) electrons. The number of nitrogens with two attached hydrogens (primary N) is 1. The van der Waals surface area contributed by atoms with Gasteiger partial charge in [-0.15, -0.1) is 0 Å². The van der Waals surface area contributed by atoms with Crippen molar-refractivity contribution < 1.29 is 9.18 Å². The number of aromatic nitrogens is 1. The van der Waals surface area contributed by atoms with Gasteiger partial charge in [0.25, 0.3) is 5.56 Å². The van der Waals surface area contributed by atoms with Crippen LogP contribution in [0.4, 0.5) is 4.39 Å². The molecule has 1 saturated carbocycles. The van der Waals surface area contributed by atoms with E-state index in [4.69, 9.17) is 5.73 Å². The minimum atomic E-state index is -0.334. The van der Waals surface area contributed by atoms with Crippen molar-refractivity contribution in [3.63, 3.8) is 0 Å². The van der Waals surface area contributed by atoms with E-state index in [9.17, 15) is 14.0 Å². The monoisotopic (exact) mass is 354 g/mol. The molecule has 1 aromatic heterocycles. The summed E-state index contributed by atoms with van der Waals surface area (Å²) in [5.41, 5.74) is 8.86. The molecular formula is C21H23FN2O2. The summed E-state index contributed by atoms with van der Waals surface area (Å²) in [4.78, 5) is 26.3. The summed E-state index contributed by atoms with van der Waals surface area (Å²) in [5.74, 6) is -0.219. The molecule has 0 unspecified atom stereocenters. The minimum Gasteiger partial charge on any atom is -0.370 e. The van der Waals surface area contributed by atoms with Crippen LogP contribution in [0.1, 0.15) is 60.4 Å². The second-order valence-electron chi connectivity index (χ2n) is 6.87. The number of unbranched alkanes of at least 4 members (excludes halogenated alkanes) is 1. The maximum Gasteiger partial charge on any atom is 0.251 e. The number of benzene rings is 1. The Labute approximate surface area is 151 Å². The lowest BCUT2D eigenvalue weighted by atomic mass is 9.97. The zero-order chi connectivity index (χ0) is 18.7. The Morgan fingerprint density at radius 2 is 2.08 bits per heavy atom. The highest BCUT2D eigenvalue weighted by molar-refractivity contribution is 5.78. The number of pyridine rings is 1. The number of nitrogens with one attached hydrogen (secondary N) is 1. The zero-order valence-electron chi connectivity index (χ0n) is 14.8. The Kier molecular flexibility index (Phi) is 5.35. The molecule has 2 aromatic rings. The Hall–Kier alpha value is -2.69. The summed E-state index contributed by atoms with van der Waals surface area (Å²) in [6, 6.07) is 8.70. The van der Waals surface area contributed by atoms with Gasteiger partial charge in [0.1, 0.15) is 5.82 Å². The normalized spacial score (nSPS) is 14.5. The van der Waals surface area contributed by atoms with Crippen molar-refractivity contribution in [2.75, 3.05) is 0 Å². The number of halogens is 1. The third kappa shape index (κ3) is 4.28. The molecule has 0 bridgehead atoms. The van der Waals surface area contributed by atoms with Crippen LogP contribution in [0.25, 0.3) is 5.57 Å². The summed E-state index contributed by atoms with van der Waals surface area (Å²) in [5, 5.41) is 0. The van der Waals surface area contributed by atoms with E-state index in [0.29, 0.717) is 36.4 Å². The van der Waals surface area contributed by atoms with Crippen molar-refractivity contribution >= 4 is 11.5 Å². The summed E-state index contributed by atoms with van der Waals surface area (Å²) in [6.07, 6.45) is 5.68. The van der Waals surface area contributed by atoms with Crippen LogP contribution in [0, 0.1) is 12.7 Å². The number of aryl methyl sites for hydroxylation is 1. The van der Waals surface area contributed by atoms with Crippen molar-refractivity contribution in [1.29, 1.82) is 0 Å². The molecule has 0 atom stereocenters. The lowest BCUT2D eigenvalue weighted by Gasteiger charge is -2.11. The van der Waals surface area contributed by atoms with Gasteiger partial charge in [-0.05, 0) is 67.9 Å². The Morgan fingerprint density at radius 1 is 1.31 bits per heavy atom. The van der Waals surface area contributed by atoms with Gasteiger partial charge >= 0.3 is 0 Å². The standard InChI is InChI=1S/C21H23FN2O2/c1-13-12-15(8-10-18(13)22)16(4-2-3-5-20(23)25)19-11-9-17(14-6-7-14)21(26)24-19/h4,8-12,14H,2-3,5-7H2,1H3,(H2,23,25)(H,24,26)/b16-4+. The molecule has 3 N–H and O–H groups in total. The molecule has 1 aromatic carbocycles. The van der Waals surface area contributed by atoms with E-state index in [-0.39, 0.29) is 17.3 Å². The molecule has 1 fully saturated rings. The Bertz CT molecular complexity index is 910. The smallest absolute Gasteiger partial charge is 0.251 e. The number of primary amides is 1. The minimum absolute atomic E-state index is 0.0631. The van der Waals surface area contributed by atoms with Crippen molar-refractivity contribution in [2.45, 2.75) is 44.9 Å². The maximum atomic E-state index is 13.6. The van der Waals surface area contributed by atoms with Gasteiger partial charge in [0.15, 0.2) is 0 Å². The highest BCUT2D eigenvalue weighted by atomic mass is 19.1. The van der Waals surface area contributed by atoms with Gasteiger partial charge in [-0.2, -0.15) is 0 Å². The summed E-state index contributed by atoms with van der Waals surface area (Å²) in [7, 11) is 0. The van der Waals surface area contributed by atoms with Crippen LogP contribution in [0.2, 0.25) is 0 Å². The van der Waals surface area contributed by atoms with Gasteiger partial charge in [0.05, 0.1) is 0 Å². The summed E-state index contributed by atoms with van der Waals surface area (Å²) in [6.45, 7) is 1.71. The number of aromatic amines is 1. The molecule has 4 nitrogen and oxygen atoms in total. The highest BCUT2D eigenvalue weighted by Gasteiger charge is 2.26. The number of carbonyl (C=O) groups excluding carboxylic acids is 1. The van der Waals surface area contributed by atoms with E-state index in [1.165, 1.54) is 6.07 Å². The van der Waals surface area contributed by atoms with E-state index < -0.39 is 0 Å². The molecule has 0 saturated heterocycles.